The predicted octanol–water partition coefficient (Wildman–Crippen LogP) is 1.78. The molecule has 0 bridgehead atoms. The molecule has 0 aromatic carbocycles. The average molecular weight is 215 g/mol. The van der Waals surface area contributed by atoms with Crippen molar-refractivity contribution in [3.8, 4) is 10.6 Å². The van der Waals surface area contributed by atoms with E-state index in [2.05, 4.69) is 10.1 Å². The van der Waals surface area contributed by atoms with Crippen molar-refractivity contribution in [2.45, 2.75) is 0 Å². The van der Waals surface area contributed by atoms with E-state index < -0.39 is 0 Å². The number of nitrogen functional groups attached to an aromatic ring is 1. The molecule has 6 heteroatoms. The molecule has 2 heterocycles. The van der Waals surface area contributed by atoms with Crippen LogP contribution in [0.3, 0.4) is 0 Å². The molecule has 4 nitrogen and oxygen atoms in total. The number of anilines is 1. The zero-order valence-corrected chi connectivity index (χ0v) is 8.43. The summed E-state index contributed by atoms with van der Waals surface area (Å²) in [6, 6.07) is 0. The first-order valence-corrected chi connectivity index (χ1v) is 4.77. The summed E-state index contributed by atoms with van der Waals surface area (Å²) in [7, 11) is 1.83. The lowest BCUT2D eigenvalue weighted by Crippen LogP contribution is -1.93. The Morgan fingerprint density at radius 2 is 2.31 bits per heavy atom. The molecule has 0 amide bonds. The molecular formula is C7H7ClN4S. The number of aryl methyl sites for hydroxylation is 1. The van der Waals surface area contributed by atoms with E-state index in [0.29, 0.717) is 10.2 Å². The molecule has 0 radical (unpaired) electrons. The molecule has 2 N–H and O–H groups in total. The average Bonchev–Trinajstić information content (AvgIpc) is 2.60. The van der Waals surface area contributed by atoms with Gasteiger partial charge in [-0.2, -0.15) is 5.10 Å². The van der Waals surface area contributed by atoms with Gasteiger partial charge in [0.1, 0.15) is 5.69 Å². The molecule has 0 saturated heterocycles. The van der Waals surface area contributed by atoms with Crippen molar-refractivity contribution < 1.29 is 0 Å². The van der Waals surface area contributed by atoms with Crippen LogP contribution >= 0.6 is 22.9 Å². The highest BCUT2D eigenvalue weighted by molar-refractivity contribution is 7.18. The summed E-state index contributed by atoms with van der Waals surface area (Å²) in [4.78, 5) is 4.87. The number of halogens is 1. The Hall–Kier alpha value is -1.07. The van der Waals surface area contributed by atoms with Crippen LogP contribution < -0.4 is 5.73 Å². The Morgan fingerprint density at radius 1 is 1.54 bits per heavy atom. The minimum absolute atomic E-state index is 0.510. The SMILES string of the molecule is Cn1ncc(N)c1-c1cnc(Cl)s1. The molecule has 0 saturated carbocycles. The molecule has 0 aliphatic carbocycles. The molecule has 0 aliphatic rings. The molecule has 2 rings (SSSR count). The van der Waals surface area contributed by atoms with Gasteiger partial charge in [-0.15, -0.1) is 11.3 Å². The van der Waals surface area contributed by atoms with E-state index in [1.165, 1.54) is 11.3 Å². The third kappa shape index (κ3) is 1.40. The van der Waals surface area contributed by atoms with Gasteiger partial charge in [-0.25, -0.2) is 4.98 Å². The summed E-state index contributed by atoms with van der Waals surface area (Å²) < 4.78 is 2.22. The third-order valence-electron chi connectivity index (χ3n) is 1.68. The van der Waals surface area contributed by atoms with E-state index in [-0.39, 0.29) is 0 Å². The van der Waals surface area contributed by atoms with Gasteiger partial charge in [-0.1, -0.05) is 11.6 Å². The zero-order chi connectivity index (χ0) is 9.42. The largest absolute Gasteiger partial charge is 0.396 e. The summed E-state index contributed by atoms with van der Waals surface area (Å²) in [6.07, 6.45) is 3.31. The number of thiazole rings is 1. The fraction of sp³-hybridized carbons (Fsp3) is 0.143. The number of nitrogens with two attached hydrogens (primary N) is 1. The normalized spacial score (nSPS) is 10.6. The monoisotopic (exact) mass is 214 g/mol. The van der Waals surface area contributed by atoms with E-state index in [1.54, 1.807) is 17.1 Å². The topological polar surface area (TPSA) is 56.7 Å². The van der Waals surface area contributed by atoms with Crippen LogP contribution in [-0.4, -0.2) is 14.8 Å². The second-order valence-electron chi connectivity index (χ2n) is 2.55. The van der Waals surface area contributed by atoms with Crippen LogP contribution in [0.1, 0.15) is 0 Å². The van der Waals surface area contributed by atoms with Crippen molar-refractivity contribution in [3.63, 3.8) is 0 Å². The molecule has 13 heavy (non-hydrogen) atoms. The highest BCUT2D eigenvalue weighted by atomic mass is 35.5. The van der Waals surface area contributed by atoms with E-state index in [9.17, 15) is 0 Å². The zero-order valence-electron chi connectivity index (χ0n) is 6.86. The number of aromatic nitrogens is 3. The maximum absolute atomic E-state index is 5.74. The standard InChI is InChI=1S/C7H7ClN4S/c1-12-6(4(9)2-11-12)5-3-10-7(8)13-5/h2-3H,9H2,1H3. The van der Waals surface area contributed by atoms with Gasteiger partial charge < -0.3 is 5.73 Å². The lowest BCUT2D eigenvalue weighted by Gasteiger charge is -1.97. The highest BCUT2D eigenvalue weighted by Gasteiger charge is 2.10. The van der Waals surface area contributed by atoms with Crippen LogP contribution in [0.5, 0.6) is 0 Å². The van der Waals surface area contributed by atoms with E-state index in [0.717, 1.165) is 10.6 Å². The number of hydrogen-bond donors (Lipinski definition) is 1. The lowest BCUT2D eigenvalue weighted by atomic mass is 10.3. The first-order chi connectivity index (χ1) is 6.18. The maximum Gasteiger partial charge on any atom is 0.184 e. The van der Waals surface area contributed by atoms with Crippen LogP contribution in [0.15, 0.2) is 12.4 Å². The van der Waals surface area contributed by atoms with Crippen molar-refractivity contribution in [2.24, 2.45) is 7.05 Å². The quantitative estimate of drug-likeness (QED) is 0.787. The molecule has 0 aliphatic heterocycles. The summed E-state index contributed by atoms with van der Waals surface area (Å²) in [5.41, 5.74) is 7.24. The molecular weight excluding hydrogens is 208 g/mol. The number of hydrogen-bond acceptors (Lipinski definition) is 4. The smallest absolute Gasteiger partial charge is 0.184 e. The van der Waals surface area contributed by atoms with Crippen molar-refractivity contribution in [3.05, 3.63) is 16.9 Å². The summed E-state index contributed by atoms with van der Waals surface area (Å²) >= 11 is 7.11. The maximum atomic E-state index is 5.74. The van der Waals surface area contributed by atoms with E-state index >= 15 is 0 Å². The molecule has 2 aromatic heterocycles. The first kappa shape index (κ1) is 8.52. The summed E-state index contributed by atoms with van der Waals surface area (Å²) in [5.74, 6) is 0. The van der Waals surface area contributed by atoms with Crippen molar-refractivity contribution in [1.82, 2.24) is 14.8 Å². The van der Waals surface area contributed by atoms with Gasteiger partial charge in [-0.05, 0) is 0 Å². The van der Waals surface area contributed by atoms with Crippen LogP contribution in [0.4, 0.5) is 5.69 Å². The van der Waals surface area contributed by atoms with Gasteiger partial charge >= 0.3 is 0 Å². The van der Waals surface area contributed by atoms with Crippen LogP contribution in [-0.2, 0) is 7.05 Å². The third-order valence-corrected chi connectivity index (χ3v) is 2.80. The lowest BCUT2D eigenvalue weighted by molar-refractivity contribution is 0.777. The van der Waals surface area contributed by atoms with Crippen molar-refractivity contribution in [2.75, 3.05) is 5.73 Å². The van der Waals surface area contributed by atoms with Crippen LogP contribution in [0.25, 0.3) is 10.6 Å². The Bertz CT molecular complexity index is 414. The number of rotatable bonds is 1. The Morgan fingerprint density at radius 3 is 2.77 bits per heavy atom. The van der Waals surface area contributed by atoms with Gasteiger partial charge in [0.2, 0.25) is 0 Å². The second kappa shape index (κ2) is 3.01. The van der Waals surface area contributed by atoms with Crippen molar-refractivity contribution >= 4 is 28.6 Å². The van der Waals surface area contributed by atoms with Gasteiger partial charge in [-0.3, -0.25) is 4.68 Å². The van der Waals surface area contributed by atoms with E-state index in [4.69, 9.17) is 17.3 Å². The van der Waals surface area contributed by atoms with Crippen LogP contribution in [0, 0.1) is 0 Å². The Labute approximate surface area is 84.0 Å². The Balaban J connectivity index is 2.57. The molecule has 68 valence electrons. The first-order valence-electron chi connectivity index (χ1n) is 3.57. The summed E-state index contributed by atoms with van der Waals surface area (Å²) in [5, 5.41) is 4.03. The van der Waals surface area contributed by atoms with Crippen LogP contribution in [0.2, 0.25) is 4.47 Å². The van der Waals surface area contributed by atoms with Gasteiger partial charge in [0.15, 0.2) is 4.47 Å². The highest BCUT2D eigenvalue weighted by Crippen LogP contribution is 2.31. The minimum atomic E-state index is 0.510. The summed E-state index contributed by atoms with van der Waals surface area (Å²) in [6.45, 7) is 0. The molecule has 2 aromatic rings. The molecule has 0 atom stereocenters. The molecule has 0 spiro atoms. The predicted molar refractivity (Wildman–Crippen MR) is 53.7 cm³/mol. The van der Waals surface area contributed by atoms with Gasteiger partial charge in [0.25, 0.3) is 0 Å². The van der Waals surface area contributed by atoms with Crippen molar-refractivity contribution in [1.29, 1.82) is 0 Å². The fourth-order valence-corrected chi connectivity index (χ4v) is 2.16. The number of nitrogens with zero attached hydrogens (tertiary/aromatic N) is 3. The Kier molecular flexibility index (Phi) is 1.97. The van der Waals surface area contributed by atoms with E-state index in [1.807, 2.05) is 7.05 Å². The van der Waals surface area contributed by atoms with Gasteiger partial charge in [0.05, 0.1) is 16.8 Å². The minimum Gasteiger partial charge on any atom is -0.396 e. The molecule has 0 unspecified atom stereocenters. The fourth-order valence-electron chi connectivity index (χ4n) is 1.12. The van der Waals surface area contributed by atoms with Gasteiger partial charge in [0, 0.05) is 13.2 Å². The molecule has 0 fully saturated rings. The second-order valence-corrected chi connectivity index (χ2v) is 4.16.